The second-order valence-electron chi connectivity index (χ2n) is 6.46. The number of methoxy groups -OCH3 is 1. The van der Waals surface area contributed by atoms with Crippen LogP contribution in [0.15, 0.2) is 21.8 Å². The summed E-state index contributed by atoms with van der Waals surface area (Å²) in [7, 11) is 3.89. The molecule has 0 spiro atoms. The third-order valence-corrected chi connectivity index (χ3v) is 5.25. The zero-order chi connectivity index (χ0) is 17.2. The average molecular weight is 480 g/mol. The summed E-state index contributed by atoms with van der Waals surface area (Å²) >= 11 is 1.75. The predicted octanol–water partition coefficient (Wildman–Crippen LogP) is 3.12. The molecule has 1 aliphatic rings. The van der Waals surface area contributed by atoms with Gasteiger partial charge in [0.05, 0.1) is 6.61 Å². The lowest BCUT2D eigenvalue weighted by atomic mass is 9.97. The van der Waals surface area contributed by atoms with Crippen molar-refractivity contribution in [2.75, 3.05) is 53.5 Å². The number of thiophene rings is 1. The lowest BCUT2D eigenvalue weighted by Crippen LogP contribution is -2.40. The number of rotatable bonds is 8. The molecule has 2 heterocycles. The monoisotopic (exact) mass is 480 g/mol. The molecule has 1 fully saturated rings. The van der Waals surface area contributed by atoms with Crippen LogP contribution in [0.3, 0.4) is 0 Å². The fourth-order valence-electron chi connectivity index (χ4n) is 3.03. The van der Waals surface area contributed by atoms with Crippen molar-refractivity contribution in [3.05, 3.63) is 22.4 Å². The molecule has 1 aliphatic heterocycles. The molecular formula is C18H33IN4OS. The van der Waals surface area contributed by atoms with E-state index in [1.807, 2.05) is 0 Å². The van der Waals surface area contributed by atoms with E-state index in [0.717, 1.165) is 38.7 Å². The molecule has 0 amide bonds. The summed E-state index contributed by atoms with van der Waals surface area (Å²) in [5.41, 5.74) is 1.35. The molecule has 7 heteroatoms. The van der Waals surface area contributed by atoms with Crippen LogP contribution >= 0.6 is 35.3 Å². The molecule has 1 aromatic heterocycles. The molecule has 1 saturated heterocycles. The molecule has 0 radical (unpaired) electrons. The van der Waals surface area contributed by atoms with E-state index in [9.17, 15) is 0 Å². The van der Waals surface area contributed by atoms with Gasteiger partial charge in [0.2, 0.25) is 0 Å². The van der Waals surface area contributed by atoms with Gasteiger partial charge in [0.15, 0.2) is 5.96 Å². The highest BCUT2D eigenvalue weighted by Crippen LogP contribution is 2.17. The summed E-state index contributed by atoms with van der Waals surface area (Å²) in [4.78, 5) is 9.62. The minimum atomic E-state index is 0. The number of halogens is 1. The number of likely N-dealkylation sites (tertiary alicyclic amines) is 1. The molecule has 0 atom stereocenters. The SMILES string of the molecule is CCNC(=NCC1CCN(CCOC)CC1)N(C)Cc1ccsc1.I. The van der Waals surface area contributed by atoms with Gasteiger partial charge in [-0.15, -0.1) is 24.0 Å². The fraction of sp³-hybridized carbons (Fsp3) is 0.722. The molecule has 0 aromatic carbocycles. The van der Waals surface area contributed by atoms with Crippen LogP contribution in [0.2, 0.25) is 0 Å². The van der Waals surface area contributed by atoms with Crippen LogP contribution in [0.1, 0.15) is 25.3 Å². The first-order valence-corrected chi connectivity index (χ1v) is 9.89. The molecule has 0 aliphatic carbocycles. The number of hydrogen-bond donors (Lipinski definition) is 1. The van der Waals surface area contributed by atoms with E-state index in [2.05, 4.69) is 45.9 Å². The van der Waals surface area contributed by atoms with Crippen molar-refractivity contribution < 1.29 is 4.74 Å². The highest BCUT2D eigenvalue weighted by atomic mass is 127. The number of guanidine groups is 1. The molecule has 5 nitrogen and oxygen atoms in total. The Morgan fingerprint density at radius 1 is 1.44 bits per heavy atom. The van der Waals surface area contributed by atoms with Gasteiger partial charge in [0.25, 0.3) is 0 Å². The number of aliphatic imine (C=N–C) groups is 1. The maximum Gasteiger partial charge on any atom is 0.193 e. The van der Waals surface area contributed by atoms with Crippen molar-refractivity contribution in [1.82, 2.24) is 15.1 Å². The second kappa shape index (κ2) is 12.9. The molecule has 0 saturated carbocycles. The number of nitrogens with one attached hydrogen (secondary N) is 1. The Hall–Kier alpha value is -0.380. The quantitative estimate of drug-likeness (QED) is 0.353. The molecule has 144 valence electrons. The molecule has 1 N–H and O–H groups in total. The van der Waals surface area contributed by atoms with Gasteiger partial charge in [-0.1, -0.05) is 0 Å². The number of hydrogen-bond acceptors (Lipinski definition) is 4. The summed E-state index contributed by atoms with van der Waals surface area (Å²) in [6.45, 7) is 9.10. The Labute approximate surface area is 173 Å². The van der Waals surface area contributed by atoms with Crippen LogP contribution < -0.4 is 5.32 Å². The van der Waals surface area contributed by atoms with Gasteiger partial charge in [0, 0.05) is 40.3 Å². The first-order valence-electron chi connectivity index (χ1n) is 8.94. The van der Waals surface area contributed by atoms with Crippen LogP contribution in [0.5, 0.6) is 0 Å². The fourth-order valence-corrected chi connectivity index (χ4v) is 3.69. The molecule has 0 unspecified atom stereocenters. The van der Waals surface area contributed by atoms with Gasteiger partial charge in [-0.25, -0.2) is 0 Å². The summed E-state index contributed by atoms with van der Waals surface area (Å²) in [5, 5.41) is 7.76. The first kappa shape index (κ1) is 22.7. The Balaban J connectivity index is 0.00000312. The third kappa shape index (κ3) is 8.23. The van der Waals surface area contributed by atoms with E-state index in [4.69, 9.17) is 9.73 Å². The molecular weight excluding hydrogens is 447 g/mol. The van der Waals surface area contributed by atoms with Crippen LogP contribution in [0.4, 0.5) is 0 Å². The Bertz CT molecular complexity index is 475. The second-order valence-corrected chi connectivity index (χ2v) is 7.24. The maximum absolute atomic E-state index is 5.17. The van der Waals surface area contributed by atoms with Gasteiger partial charge in [-0.3, -0.25) is 4.99 Å². The number of nitrogens with zero attached hydrogens (tertiary/aromatic N) is 3. The topological polar surface area (TPSA) is 40.1 Å². The Kier molecular flexibility index (Phi) is 11.7. The van der Waals surface area contributed by atoms with E-state index in [-0.39, 0.29) is 24.0 Å². The van der Waals surface area contributed by atoms with Crippen LogP contribution in [-0.4, -0.2) is 69.2 Å². The minimum Gasteiger partial charge on any atom is -0.383 e. The molecule has 25 heavy (non-hydrogen) atoms. The Morgan fingerprint density at radius 2 is 2.20 bits per heavy atom. The highest BCUT2D eigenvalue weighted by Gasteiger charge is 2.19. The molecule has 0 bridgehead atoms. The van der Waals surface area contributed by atoms with Crippen molar-refractivity contribution in [3.63, 3.8) is 0 Å². The average Bonchev–Trinajstić information content (AvgIpc) is 3.10. The third-order valence-electron chi connectivity index (χ3n) is 4.51. The largest absolute Gasteiger partial charge is 0.383 e. The van der Waals surface area contributed by atoms with Crippen molar-refractivity contribution in [1.29, 1.82) is 0 Å². The van der Waals surface area contributed by atoms with Crippen LogP contribution in [-0.2, 0) is 11.3 Å². The van der Waals surface area contributed by atoms with E-state index in [0.29, 0.717) is 5.92 Å². The van der Waals surface area contributed by atoms with E-state index in [1.54, 1.807) is 18.4 Å². The van der Waals surface area contributed by atoms with E-state index >= 15 is 0 Å². The van der Waals surface area contributed by atoms with Crippen molar-refractivity contribution >= 4 is 41.3 Å². The highest BCUT2D eigenvalue weighted by molar-refractivity contribution is 14.0. The predicted molar refractivity (Wildman–Crippen MR) is 118 cm³/mol. The summed E-state index contributed by atoms with van der Waals surface area (Å²) in [6.07, 6.45) is 2.47. The first-order chi connectivity index (χ1) is 11.7. The smallest absolute Gasteiger partial charge is 0.193 e. The van der Waals surface area contributed by atoms with E-state index in [1.165, 1.54) is 31.5 Å². The lowest BCUT2D eigenvalue weighted by Gasteiger charge is -2.31. The number of piperidine rings is 1. The lowest BCUT2D eigenvalue weighted by molar-refractivity contribution is 0.121. The normalized spacial score (nSPS) is 16.5. The standard InChI is InChI=1S/C18H32N4OS.HI/c1-4-19-18(21(2)14-17-7-12-24-15-17)20-13-16-5-8-22(9-6-16)10-11-23-3;/h7,12,15-16H,4-6,8-11,13-14H2,1-3H3,(H,19,20);1H. The van der Waals surface area contributed by atoms with Gasteiger partial charge >= 0.3 is 0 Å². The summed E-state index contributed by atoms with van der Waals surface area (Å²) in [6, 6.07) is 2.18. The van der Waals surface area contributed by atoms with Gasteiger partial charge in [-0.05, 0) is 61.2 Å². The minimum absolute atomic E-state index is 0. The molecule has 1 aromatic rings. The van der Waals surface area contributed by atoms with Crippen LogP contribution in [0, 0.1) is 5.92 Å². The summed E-state index contributed by atoms with van der Waals surface area (Å²) in [5.74, 6) is 1.72. The zero-order valence-corrected chi connectivity index (χ0v) is 18.9. The van der Waals surface area contributed by atoms with Crippen molar-refractivity contribution in [2.24, 2.45) is 10.9 Å². The number of ether oxygens (including phenoxy) is 1. The van der Waals surface area contributed by atoms with Crippen molar-refractivity contribution in [3.8, 4) is 0 Å². The van der Waals surface area contributed by atoms with Crippen LogP contribution in [0.25, 0.3) is 0 Å². The zero-order valence-electron chi connectivity index (χ0n) is 15.7. The molecule has 2 rings (SSSR count). The summed E-state index contributed by atoms with van der Waals surface area (Å²) < 4.78 is 5.17. The van der Waals surface area contributed by atoms with E-state index < -0.39 is 0 Å². The maximum atomic E-state index is 5.17. The van der Waals surface area contributed by atoms with Gasteiger partial charge < -0.3 is 19.9 Å². The van der Waals surface area contributed by atoms with Gasteiger partial charge in [0.1, 0.15) is 0 Å². The van der Waals surface area contributed by atoms with Gasteiger partial charge in [-0.2, -0.15) is 11.3 Å². The Morgan fingerprint density at radius 3 is 2.80 bits per heavy atom. The van der Waals surface area contributed by atoms with Crippen molar-refractivity contribution in [2.45, 2.75) is 26.3 Å².